The molecule has 0 spiro atoms. The number of carbonyl (C=O) groups is 4. The van der Waals surface area contributed by atoms with Crippen LogP contribution < -0.4 is 0 Å². The molecular formula is C9H8O7. The molecule has 0 aromatic carbocycles. The smallest absolute Gasteiger partial charge is 0.338 e. The van der Waals surface area contributed by atoms with E-state index < -0.39 is 23.9 Å². The summed E-state index contributed by atoms with van der Waals surface area (Å²) in [6.07, 6.45) is 2.81. The quantitative estimate of drug-likeness (QED) is 0.379. The first-order valence-electron chi connectivity index (χ1n) is 3.91. The Kier molecular flexibility index (Phi) is 5.19. The summed E-state index contributed by atoms with van der Waals surface area (Å²) in [4.78, 5) is 39.5. The summed E-state index contributed by atoms with van der Waals surface area (Å²) < 4.78 is 3.97. The highest BCUT2D eigenvalue weighted by atomic mass is 16.6. The number of carboxylic acid groups (broad SMARTS) is 2. The Bertz CT molecular complexity index is 373. The minimum atomic E-state index is -1.24. The molecule has 0 aromatic heterocycles. The molecular weight excluding hydrogens is 220 g/mol. The Morgan fingerprint density at radius 2 is 1.62 bits per heavy atom. The monoisotopic (exact) mass is 228 g/mol. The number of hydrogen-bond acceptors (Lipinski definition) is 5. The maximum atomic E-state index is 9.92. The Morgan fingerprint density at radius 3 is 1.75 bits per heavy atom. The van der Waals surface area contributed by atoms with Crippen LogP contribution in [0.1, 0.15) is 6.92 Å². The molecule has 0 amide bonds. The number of rotatable bonds is 2. The van der Waals surface area contributed by atoms with Gasteiger partial charge in [0, 0.05) is 23.8 Å². The molecule has 0 saturated heterocycles. The van der Waals surface area contributed by atoms with Crippen molar-refractivity contribution in [2.75, 3.05) is 0 Å². The van der Waals surface area contributed by atoms with Crippen LogP contribution in [0.15, 0.2) is 23.8 Å². The first-order chi connectivity index (χ1) is 7.32. The van der Waals surface area contributed by atoms with Gasteiger partial charge in [-0.05, 0) is 6.92 Å². The number of carbonyl (C=O) groups excluding carboxylic acids is 2. The third kappa shape index (κ3) is 6.08. The predicted octanol–water partition coefficient (Wildman–Crippen LogP) is -0.272. The Morgan fingerprint density at radius 1 is 1.19 bits per heavy atom. The van der Waals surface area contributed by atoms with Gasteiger partial charge in [-0.2, -0.15) is 0 Å². The summed E-state index contributed by atoms with van der Waals surface area (Å²) in [7, 11) is 0. The second-order valence-electron chi connectivity index (χ2n) is 2.54. The first kappa shape index (κ1) is 13.6. The second-order valence-corrected chi connectivity index (χ2v) is 2.54. The highest BCUT2D eigenvalue weighted by Gasteiger charge is 2.10. The minimum Gasteiger partial charge on any atom is -0.478 e. The standard InChI is InChI=1S/C5H6O4.C4H2O3/c1-3(5(8)9)2-4(6)7;5-3-1-2-4(6)7-3/h2H,1H3,(H,6,7)(H,8,9);1-2H/b3-2-;. The van der Waals surface area contributed by atoms with Crippen molar-refractivity contribution in [1.29, 1.82) is 0 Å². The number of ether oxygens (including phenoxy) is 1. The van der Waals surface area contributed by atoms with Crippen molar-refractivity contribution in [3.8, 4) is 0 Å². The topological polar surface area (TPSA) is 118 Å². The molecule has 0 saturated carbocycles. The molecule has 0 radical (unpaired) electrons. The van der Waals surface area contributed by atoms with E-state index in [-0.39, 0.29) is 5.57 Å². The largest absolute Gasteiger partial charge is 0.478 e. The van der Waals surface area contributed by atoms with Gasteiger partial charge in [-0.1, -0.05) is 0 Å². The van der Waals surface area contributed by atoms with Crippen molar-refractivity contribution in [1.82, 2.24) is 0 Å². The molecule has 0 aliphatic carbocycles. The van der Waals surface area contributed by atoms with Crippen molar-refractivity contribution in [2.24, 2.45) is 0 Å². The molecule has 1 aliphatic rings. The van der Waals surface area contributed by atoms with Gasteiger partial charge in [0.1, 0.15) is 0 Å². The van der Waals surface area contributed by atoms with E-state index in [1.807, 2.05) is 0 Å². The van der Waals surface area contributed by atoms with E-state index in [4.69, 9.17) is 10.2 Å². The van der Waals surface area contributed by atoms with Crippen LogP contribution in [0.3, 0.4) is 0 Å². The second kappa shape index (κ2) is 6.12. The number of hydrogen-bond donors (Lipinski definition) is 2. The van der Waals surface area contributed by atoms with Crippen molar-refractivity contribution in [2.45, 2.75) is 6.92 Å². The third-order valence-electron chi connectivity index (χ3n) is 1.23. The third-order valence-corrected chi connectivity index (χ3v) is 1.23. The summed E-state index contributed by atoms with van der Waals surface area (Å²) in [6.45, 7) is 1.22. The van der Waals surface area contributed by atoms with Crippen LogP contribution in [0.2, 0.25) is 0 Å². The van der Waals surface area contributed by atoms with Gasteiger partial charge in [0.05, 0.1) is 0 Å². The van der Waals surface area contributed by atoms with Crippen molar-refractivity contribution in [3.63, 3.8) is 0 Å². The average molecular weight is 228 g/mol. The normalized spacial score (nSPS) is 13.9. The highest BCUT2D eigenvalue weighted by molar-refractivity contribution is 6.04. The van der Waals surface area contributed by atoms with E-state index in [2.05, 4.69) is 4.74 Å². The van der Waals surface area contributed by atoms with Gasteiger partial charge in [0.2, 0.25) is 0 Å². The van der Waals surface area contributed by atoms with E-state index >= 15 is 0 Å². The zero-order valence-electron chi connectivity index (χ0n) is 8.17. The van der Waals surface area contributed by atoms with E-state index in [0.29, 0.717) is 6.08 Å². The lowest BCUT2D eigenvalue weighted by Gasteiger charge is -1.86. The van der Waals surface area contributed by atoms with Gasteiger partial charge in [0.15, 0.2) is 0 Å². The number of esters is 2. The van der Waals surface area contributed by atoms with Crippen LogP contribution in [0.25, 0.3) is 0 Å². The van der Waals surface area contributed by atoms with Crippen LogP contribution >= 0.6 is 0 Å². The molecule has 1 aliphatic heterocycles. The highest BCUT2D eigenvalue weighted by Crippen LogP contribution is 1.92. The van der Waals surface area contributed by atoms with Crippen LogP contribution in [-0.4, -0.2) is 34.1 Å². The molecule has 0 bridgehead atoms. The minimum absolute atomic E-state index is 0.178. The molecule has 1 heterocycles. The van der Waals surface area contributed by atoms with E-state index in [1.165, 1.54) is 6.92 Å². The summed E-state index contributed by atoms with van der Waals surface area (Å²) in [5.74, 6) is -3.61. The molecule has 0 unspecified atom stereocenters. The fourth-order valence-electron chi connectivity index (χ4n) is 0.550. The summed E-state index contributed by atoms with van der Waals surface area (Å²) in [6, 6.07) is 0. The molecule has 0 atom stereocenters. The van der Waals surface area contributed by atoms with Crippen LogP contribution in [0, 0.1) is 0 Å². The SMILES string of the molecule is C/C(=C/C(=O)O)C(=O)O.O=C1C=CC(=O)O1. The zero-order chi connectivity index (χ0) is 12.7. The fourth-order valence-corrected chi connectivity index (χ4v) is 0.550. The molecule has 0 fully saturated rings. The predicted molar refractivity (Wildman–Crippen MR) is 49.3 cm³/mol. The van der Waals surface area contributed by atoms with Gasteiger partial charge in [-0.25, -0.2) is 19.2 Å². The van der Waals surface area contributed by atoms with Gasteiger partial charge in [-0.3, -0.25) is 0 Å². The average Bonchev–Trinajstić information content (AvgIpc) is 2.49. The van der Waals surface area contributed by atoms with Gasteiger partial charge >= 0.3 is 23.9 Å². The molecule has 7 heteroatoms. The van der Waals surface area contributed by atoms with E-state index in [9.17, 15) is 19.2 Å². The van der Waals surface area contributed by atoms with Crippen molar-refractivity contribution >= 4 is 23.9 Å². The Hall–Kier alpha value is -2.44. The first-order valence-corrected chi connectivity index (χ1v) is 3.91. The van der Waals surface area contributed by atoms with Crippen LogP contribution in [0.4, 0.5) is 0 Å². The molecule has 2 N–H and O–H groups in total. The van der Waals surface area contributed by atoms with Gasteiger partial charge in [0.25, 0.3) is 0 Å². The van der Waals surface area contributed by atoms with Crippen LogP contribution in [-0.2, 0) is 23.9 Å². The molecule has 7 nitrogen and oxygen atoms in total. The number of cyclic esters (lactones) is 2. The van der Waals surface area contributed by atoms with Gasteiger partial charge in [-0.15, -0.1) is 0 Å². The Balaban J connectivity index is 0.000000288. The Labute approximate surface area is 89.6 Å². The zero-order valence-corrected chi connectivity index (χ0v) is 8.17. The fraction of sp³-hybridized carbons (Fsp3) is 0.111. The molecule has 16 heavy (non-hydrogen) atoms. The van der Waals surface area contributed by atoms with Crippen molar-refractivity contribution < 1.29 is 34.1 Å². The summed E-state index contributed by atoms with van der Waals surface area (Å²) in [5.41, 5.74) is -0.178. The molecule has 86 valence electrons. The lowest BCUT2D eigenvalue weighted by atomic mass is 10.3. The van der Waals surface area contributed by atoms with E-state index in [0.717, 1.165) is 12.2 Å². The van der Waals surface area contributed by atoms with Crippen molar-refractivity contribution in [3.05, 3.63) is 23.8 Å². The molecule has 1 rings (SSSR count). The lowest BCUT2D eigenvalue weighted by Crippen LogP contribution is -1.99. The molecule has 0 aromatic rings. The number of aliphatic carboxylic acids is 2. The van der Waals surface area contributed by atoms with E-state index in [1.54, 1.807) is 0 Å². The maximum absolute atomic E-state index is 9.92. The van der Waals surface area contributed by atoms with Gasteiger partial charge < -0.3 is 14.9 Å². The lowest BCUT2D eigenvalue weighted by molar-refractivity contribution is -0.150. The maximum Gasteiger partial charge on any atom is 0.338 e. The summed E-state index contributed by atoms with van der Waals surface area (Å²) >= 11 is 0. The van der Waals surface area contributed by atoms with Crippen LogP contribution in [0.5, 0.6) is 0 Å². The number of carboxylic acids is 2. The summed E-state index contributed by atoms with van der Waals surface area (Å²) in [5, 5.41) is 16.1.